The van der Waals surface area contributed by atoms with E-state index in [1.807, 2.05) is 46.8 Å². The van der Waals surface area contributed by atoms with Crippen molar-refractivity contribution in [1.82, 2.24) is 60.0 Å². The molecule has 5 fully saturated rings. The average Bonchev–Trinajstić information content (AvgIpc) is 1.60. The number of hydrogen-bond acceptors (Lipinski definition) is 13. The number of hydrogen-bond donors (Lipinski definition) is 3. The Hall–Kier alpha value is -7.27. The molecule has 4 saturated carbocycles. The third-order valence-electron chi connectivity index (χ3n) is 24.9. The van der Waals surface area contributed by atoms with Crippen LogP contribution in [0.1, 0.15) is 196 Å². The standard InChI is InChI=1S/C79H123F5N12O13/c1-15-47(5)66-74(106)95(52-33-34-52)44-64(99)91(12)58-27-23-20-24-36-94(73(58)105)61-39-49-30-28-48(29-31-49)25-21-19-22-26-57(68(100)86-66)90(11)63(98)41-60(71(103)88(8)9)92(13)75(107)67(51(16-2)17-3)93(14)76(108)78(45-77(6,7)46-78)87-69(101)59-40-53(109-18-4)42-96(59)70(102)56(85-62(97)43-89(10)72(61)104)35-32-50-37-54(80)65(55(81)38-50)79(82,83)84/h20-21,23,25,47-61,65-67H,15-19,22,24,26-46H2,1-14H3,(H,85,97)(H,86,100)(H,87,101)/b23-20-,25-21+/t47-,48?,49?,50?,53+,54?,55?,56-,57-,58-,59-,60-,61-,65?,66-,67-/m0/s1. The Morgan fingerprint density at radius 3 is 1.87 bits per heavy atom. The van der Waals surface area contributed by atoms with Crippen LogP contribution in [0.3, 0.4) is 0 Å². The van der Waals surface area contributed by atoms with Gasteiger partial charge >= 0.3 is 6.18 Å². The lowest BCUT2D eigenvalue weighted by Gasteiger charge is -2.54. The Labute approximate surface area is 640 Å². The molecule has 10 rings (SSSR count). The van der Waals surface area contributed by atoms with Gasteiger partial charge in [0.15, 0.2) is 0 Å². The van der Waals surface area contributed by atoms with Gasteiger partial charge < -0.3 is 64.8 Å². The summed E-state index contributed by atoms with van der Waals surface area (Å²) in [4.78, 5) is 196. The van der Waals surface area contributed by atoms with E-state index in [9.17, 15) is 22.8 Å². The molecule has 1 spiro atoms. The molecule has 612 valence electrons. The number of likely N-dealkylation sites (N-methyl/N-ethyl adjacent to an activating group) is 6. The molecule has 6 heterocycles. The number of nitrogens with zero attached hydrogens (tertiary/aromatic N) is 9. The third kappa shape index (κ3) is 20.9. The summed E-state index contributed by atoms with van der Waals surface area (Å²) in [5.41, 5.74) is -2.31. The lowest BCUT2D eigenvalue weighted by atomic mass is 9.58. The topological polar surface area (TPSA) is 279 Å². The Kier molecular flexibility index (Phi) is 29.9. The molecule has 12 amide bonds. The van der Waals surface area contributed by atoms with Crippen LogP contribution < -0.4 is 16.0 Å². The van der Waals surface area contributed by atoms with E-state index in [-0.39, 0.29) is 76.5 Å². The van der Waals surface area contributed by atoms with Gasteiger partial charge in [-0.3, -0.25) is 57.5 Å². The maximum absolute atomic E-state index is 15.8. The second-order valence-electron chi connectivity index (χ2n) is 33.6. The van der Waals surface area contributed by atoms with Crippen LogP contribution in [0.2, 0.25) is 0 Å². The summed E-state index contributed by atoms with van der Waals surface area (Å²) >= 11 is 0. The molecule has 0 aromatic carbocycles. The number of alkyl halides is 5. The van der Waals surface area contributed by atoms with Crippen molar-refractivity contribution < 1.29 is 84.2 Å². The number of ether oxygens (including phenoxy) is 1. The van der Waals surface area contributed by atoms with Crippen LogP contribution in [0, 0.1) is 40.9 Å². The van der Waals surface area contributed by atoms with E-state index in [1.54, 1.807) is 19.9 Å². The quantitative estimate of drug-likeness (QED) is 0.102. The fraction of sp³-hybridized carbons (Fsp3) is 0.797. The molecule has 6 aliphatic heterocycles. The summed E-state index contributed by atoms with van der Waals surface area (Å²) in [6.45, 7) is 11.5. The van der Waals surface area contributed by atoms with Gasteiger partial charge in [-0.25, -0.2) is 8.78 Å². The van der Waals surface area contributed by atoms with E-state index in [1.165, 1.54) is 83.6 Å². The van der Waals surface area contributed by atoms with Crippen molar-refractivity contribution in [2.24, 2.45) is 40.9 Å². The summed E-state index contributed by atoms with van der Waals surface area (Å²) in [5.74, 6) is -13.4. The molecule has 2 unspecified atom stereocenters. The van der Waals surface area contributed by atoms with Gasteiger partial charge in [-0.15, -0.1) is 0 Å². The van der Waals surface area contributed by atoms with Gasteiger partial charge in [-0.2, -0.15) is 13.2 Å². The molecule has 3 N–H and O–H groups in total. The summed E-state index contributed by atoms with van der Waals surface area (Å²) in [7, 11) is 10.0. The number of carbonyl (C=O) groups excluding carboxylic acids is 12. The molecular weight excluding hydrogens is 1420 g/mol. The highest BCUT2D eigenvalue weighted by Gasteiger charge is 2.60. The maximum atomic E-state index is 15.8. The van der Waals surface area contributed by atoms with Gasteiger partial charge in [0.1, 0.15) is 78.7 Å². The summed E-state index contributed by atoms with van der Waals surface area (Å²) in [5, 5.41) is 8.78. The van der Waals surface area contributed by atoms with Crippen LogP contribution in [0.5, 0.6) is 0 Å². The van der Waals surface area contributed by atoms with E-state index in [2.05, 4.69) is 22.0 Å². The summed E-state index contributed by atoms with van der Waals surface area (Å²) < 4.78 is 79.3. The van der Waals surface area contributed by atoms with Gasteiger partial charge in [-0.1, -0.05) is 85.1 Å². The summed E-state index contributed by atoms with van der Waals surface area (Å²) in [6, 6.07) is -11.1. The lowest BCUT2D eigenvalue weighted by Crippen LogP contribution is -2.71. The predicted molar refractivity (Wildman–Crippen MR) is 397 cm³/mol. The number of fused-ring (bicyclic) bond motifs is 22. The normalized spacial score (nSPS) is 32.9. The average molecular weight is 1540 g/mol. The van der Waals surface area contributed by atoms with E-state index in [0.717, 1.165) is 9.80 Å². The Balaban J connectivity index is 1.27. The van der Waals surface area contributed by atoms with Crippen LogP contribution in [-0.4, -0.2) is 282 Å². The first-order chi connectivity index (χ1) is 51.3. The molecule has 0 aromatic rings. The van der Waals surface area contributed by atoms with Gasteiger partial charge in [0.2, 0.25) is 70.9 Å². The van der Waals surface area contributed by atoms with Gasteiger partial charge in [-0.05, 0) is 158 Å². The third-order valence-corrected chi connectivity index (χ3v) is 24.9. The fourth-order valence-electron chi connectivity index (χ4n) is 18.2. The van der Waals surface area contributed by atoms with Gasteiger partial charge in [0, 0.05) is 81.5 Å². The zero-order valence-corrected chi connectivity index (χ0v) is 66.7. The van der Waals surface area contributed by atoms with Crippen molar-refractivity contribution >= 4 is 70.9 Å². The number of rotatable bonds is 12. The smallest absolute Gasteiger partial charge is 0.377 e. The molecule has 109 heavy (non-hydrogen) atoms. The van der Waals surface area contributed by atoms with Gasteiger partial charge in [0.25, 0.3) is 0 Å². The molecule has 25 nitrogen and oxygen atoms in total. The molecule has 30 heteroatoms. The van der Waals surface area contributed by atoms with Crippen molar-refractivity contribution in [3.05, 3.63) is 24.3 Å². The minimum atomic E-state index is -5.18. The maximum Gasteiger partial charge on any atom is 0.397 e. The second kappa shape index (κ2) is 37.4. The van der Waals surface area contributed by atoms with E-state index < -0.39 is 223 Å². The van der Waals surface area contributed by atoms with Gasteiger partial charge in [0.05, 0.1) is 19.1 Å². The van der Waals surface area contributed by atoms with Crippen LogP contribution in [0.15, 0.2) is 24.3 Å². The monoisotopic (exact) mass is 1540 g/mol. The minimum Gasteiger partial charge on any atom is -0.377 e. The first kappa shape index (κ1) is 87.3. The van der Waals surface area contributed by atoms with Crippen molar-refractivity contribution in [3.8, 4) is 0 Å². The second-order valence-corrected chi connectivity index (χ2v) is 33.6. The first-order valence-electron chi connectivity index (χ1n) is 39.9. The molecule has 0 radical (unpaired) electrons. The fourth-order valence-corrected chi connectivity index (χ4v) is 18.2. The molecular formula is C79H123F5N12O13. The molecule has 12 atom stereocenters. The highest BCUT2D eigenvalue weighted by molar-refractivity contribution is 6.01. The van der Waals surface area contributed by atoms with Crippen LogP contribution in [0.4, 0.5) is 22.0 Å². The SMILES string of the molecule is CCO[C@@H]1C[C@H]2C(=O)NC3(CC(C)(C)C3)C(=O)N(C)[C@@H](C(CC)CC)C(=O)N(C)[C@H](C(=O)N(C)C)CC(=O)N(C)[C@H]3CCC/C=C/C4CCC(CC4)C[C@@H](C(=O)N(C)CC(=O)N[C@@H](CCC4CC(F)C(C(F)(F)F)C(F)C4)C(=O)N2C1)N1CC/C=C\C[C@@H](C1=O)N(C)C(=O)CN(C1CC1)C(=O)[C@H]([C@@H](C)CC)NC3=O. The summed E-state index contributed by atoms with van der Waals surface area (Å²) in [6.07, 6.45) is 0.00215. The Morgan fingerprint density at radius 1 is 0.642 bits per heavy atom. The molecule has 4 aliphatic carbocycles. The van der Waals surface area contributed by atoms with Crippen LogP contribution in [-0.2, 0) is 62.3 Å². The molecule has 1 saturated heterocycles. The molecule has 0 aromatic heterocycles. The Morgan fingerprint density at radius 2 is 1.28 bits per heavy atom. The van der Waals surface area contributed by atoms with Crippen LogP contribution >= 0.6 is 0 Å². The van der Waals surface area contributed by atoms with E-state index in [4.69, 9.17) is 4.74 Å². The zero-order valence-electron chi connectivity index (χ0n) is 66.7. The van der Waals surface area contributed by atoms with Crippen molar-refractivity contribution in [1.29, 1.82) is 0 Å². The highest BCUT2D eigenvalue weighted by Crippen LogP contribution is 2.50. The van der Waals surface area contributed by atoms with Crippen molar-refractivity contribution in [2.75, 3.05) is 82.1 Å². The van der Waals surface area contributed by atoms with Crippen LogP contribution in [0.25, 0.3) is 0 Å². The van der Waals surface area contributed by atoms with Crippen molar-refractivity contribution in [3.63, 3.8) is 0 Å². The minimum absolute atomic E-state index is 0.0232. The predicted octanol–water partition coefficient (Wildman–Crippen LogP) is 6.90. The largest absolute Gasteiger partial charge is 0.397 e. The number of nitrogens with one attached hydrogen (secondary N) is 3. The molecule has 6 bridgehead atoms. The molecule has 10 aliphatic rings. The van der Waals surface area contributed by atoms with E-state index >= 15 is 56.7 Å². The number of allylic oxidation sites excluding steroid dienone is 2. The highest BCUT2D eigenvalue weighted by atomic mass is 19.4. The lowest BCUT2D eigenvalue weighted by molar-refractivity contribution is -0.219. The van der Waals surface area contributed by atoms with Crippen molar-refractivity contribution in [2.45, 2.75) is 281 Å². The number of halogens is 5. The first-order valence-corrected chi connectivity index (χ1v) is 39.9. The number of amides is 12. The Bertz CT molecular complexity index is 3320. The zero-order chi connectivity index (χ0) is 80.5. The number of carbonyl (C=O) groups is 12. The van der Waals surface area contributed by atoms with E-state index in [0.29, 0.717) is 77.0 Å².